The van der Waals surface area contributed by atoms with E-state index in [0.717, 1.165) is 88.9 Å². The number of nitriles is 1. The summed E-state index contributed by atoms with van der Waals surface area (Å²) >= 11 is 0. The molecule has 0 saturated carbocycles. The topological polar surface area (TPSA) is 78.6 Å². The molecular formula is C53H34N6. The Morgan fingerprint density at radius 3 is 1.29 bits per heavy atom. The highest BCUT2D eigenvalue weighted by Gasteiger charge is 2.19. The molecule has 6 nitrogen and oxygen atoms in total. The molecule has 0 aliphatic rings. The van der Waals surface area contributed by atoms with Crippen LogP contribution in [-0.2, 0) is 0 Å². The van der Waals surface area contributed by atoms with Gasteiger partial charge in [0.25, 0.3) is 0 Å². The molecule has 4 heterocycles. The van der Waals surface area contributed by atoms with Gasteiger partial charge in [0.15, 0.2) is 0 Å². The molecule has 0 amide bonds. The van der Waals surface area contributed by atoms with Crippen molar-refractivity contribution in [3.8, 4) is 61.7 Å². The first-order valence-corrected chi connectivity index (χ1v) is 19.4. The van der Waals surface area contributed by atoms with Gasteiger partial charge in [0, 0.05) is 88.9 Å². The van der Waals surface area contributed by atoms with Gasteiger partial charge in [-0.05, 0) is 140 Å². The monoisotopic (exact) mass is 754 g/mol. The lowest BCUT2D eigenvalue weighted by molar-refractivity contribution is 1.27. The van der Waals surface area contributed by atoms with Gasteiger partial charge in [-0.15, -0.1) is 0 Å². The van der Waals surface area contributed by atoms with Crippen LogP contribution in [0, 0.1) is 11.3 Å². The number of fused-ring (bicyclic) bond motifs is 2. The van der Waals surface area contributed by atoms with Crippen LogP contribution in [0.1, 0.15) is 5.56 Å². The zero-order valence-corrected chi connectivity index (χ0v) is 31.8. The zero-order valence-electron chi connectivity index (χ0n) is 31.8. The van der Waals surface area contributed by atoms with E-state index in [1.165, 1.54) is 5.39 Å². The fourth-order valence-corrected chi connectivity index (χ4v) is 8.08. The molecule has 0 saturated heterocycles. The van der Waals surface area contributed by atoms with Crippen LogP contribution in [0.3, 0.4) is 0 Å². The molecule has 10 rings (SSSR count). The van der Waals surface area contributed by atoms with E-state index >= 15 is 0 Å². The smallest absolute Gasteiger partial charge is 0.0991 e. The van der Waals surface area contributed by atoms with E-state index in [9.17, 15) is 5.26 Å². The minimum absolute atomic E-state index is 0.602. The summed E-state index contributed by atoms with van der Waals surface area (Å²) in [6.07, 6.45) is 14.9. The van der Waals surface area contributed by atoms with Gasteiger partial charge in [-0.25, -0.2) is 0 Å². The van der Waals surface area contributed by atoms with E-state index in [0.29, 0.717) is 5.56 Å². The van der Waals surface area contributed by atoms with Gasteiger partial charge in [0.05, 0.1) is 11.6 Å². The van der Waals surface area contributed by atoms with Gasteiger partial charge in [-0.1, -0.05) is 72.8 Å². The molecule has 0 unspecified atom stereocenters. The summed E-state index contributed by atoms with van der Waals surface area (Å²) in [7, 11) is 0. The third kappa shape index (κ3) is 6.73. The Labute approximate surface area is 342 Å². The highest BCUT2D eigenvalue weighted by Crippen LogP contribution is 2.45. The first kappa shape index (κ1) is 35.2. The molecule has 0 aliphatic carbocycles. The fraction of sp³-hybridized carbons (Fsp3) is 0. The van der Waals surface area contributed by atoms with Crippen molar-refractivity contribution in [2.75, 3.05) is 4.90 Å². The van der Waals surface area contributed by atoms with Crippen molar-refractivity contribution < 1.29 is 0 Å². The highest BCUT2D eigenvalue weighted by atomic mass is 15.1. The number of rotatable bonds is 8. The molecule has 6 heteroatoms. The van der Waals surface area contributed by atoms with E-state index in [-0.39, 0.29) is 0 Å². The molecule has 276 valence electrons. The first-order chi connectivity index (χ1) is 29.2. The molecule has 6 aromatic carbocycles. The number of pyridine rings is 4. The lowest BCUT2D eigenvalue weighted by atomic mass is 9.85. The predicted octanol–water partition coefficient (Wildman–Crippen LogP) is 13.2. The summed E-state index contributed by atoms with van der Waals surface area (Å²) in [6.45, 7) is 0. The maximum atomic E-state index is 9.66. The number of nitrogens with zero attached hydrogens (tertiary/aromatic N) is 6. The van der Waals surface area contributed by atoms with Gasteiger partial charge in [0.1, 0.15) is 0 Å². The third-order valence-electron chi connectivity index (χ3n) is 10.8. The predicted molar refractivity (Wildman–Crippen MR) is 239 cm³/mol. The van der Waals surface area contributed by atoms with Crippen molar-refractivity contribution in [3.05, 3.63) is 213 Å². The van der Waals surface area contributed by atoms with Crippen LogP contribution in [0.4, 0.5) is 17.1 Å². The van der Waals surface area contributed by atoms with Crippen molar-refractivity contribution in [2.24, 2.45) is 0 Å². The lowest BCUT2D eigenvalue weighted by Crippen LogP contribution is -2.10. The van der Waals surface area contributed by atoms with Crippen LogP contribution in [0.2, 0.25) is 0 Å². The van der Waals surface area contributed by atoms with Crippen LogP contribution in [0.15, 0.2) is 207 Å². The number of anilines is 3. The molecule has 0 N–H and O–H groups in total. The quantitative estimate of drug-likeness (QED) is 0.144. The van der Waals surface area contributed by atoms with Gasteiger partial charge in [0.2, 0.25) is 0 Å². The lowest BCUT2D eigenvalue weighted by Gasteiger charge is -2.27. The molecule has 4 aromatic heterocycles. The fourth-order valence-electron chi connectivity index (χ4n) is 8.08. The zero-order chi connectivity index (χ0) is 39.5. The van der Waals surface area contributed by atoms with Crippen molar-refractivity contribution in [1.29, 1.82) is 5.26 Å². The summed E-state index contributed by atoms with van der Waals surface area (Å²) in [5.74, 6) is 0. The Morgan fingerprint density at radius 2 is 0.797 bits per heavy atom. The molecule has 59 heavy (non-hydrogen) atoms. The number of benzene rings is 6. The molecule has 0 spiro atoms. The van der Waals surface area contributed by atoms with Crippen LogP contribution in [0.5, 0.6) is 0 Å². The van der Waals surface area contributed by atoms with E-state index in [1.54, 1.807) is 12.4 Å². The molecule has 10 aromatic rings. The molecule has 0 aliphatic heterocycles. The van der Waals surface area contributed by atoms with E-state index < -0.39 is 0 Å². The van der Waals surface area contributed by atoms with Crippen molar-refractivity contribution >= 4 is 38.6 Å². The number of hydrogen-bond acceptors (Lipinski definition) is 6. The minimum Gasteiger partial charge on any atom is -0.310 e. The minimum atomic E-state index is 0.602. The van der Waals surface area contributed by atoms with E-state index in [4.69, 9.17) is 0 Å². The molecule has 0 radical (unpaired) electrons. The Hall–Kier alpha value is -8.27. The van der Waals surface area contributed by atoms with E-state index in [2.05, 4.69) is 140 Å². The summed E-state index contributed by atoms with van der Waals surface area (Å²) in [4.78, 5) is 20.1. The summed E-state index contributed by atoms with van der Waals surface area (Å²) < 4.78 is 0. The first-order valence-electron chi connectivity index (χ1n) is 19.4. The van der Waals surface area contributed by atoms with Gasteiger partial charge in [-0.2, -0.15) is 5.26 Å². The molecule has 0 bridgehead atoms. The van der Waals surface area contributed by atoms with Crippen molar-refractivity contribution in [2.45, 2.75) is 0 Å². The van der Waals surface area contributed by atoms with Crippen molar-refractivity contribution in [3.63, 3.8) is 0 Å². The van der Waals surface area contributed by atoms with Gasteiger partial charge >= 0.3 is 0 Å². The average molecular weight is 755 g/mol. The van der Waals surface area contributed by atoms with Crippen LogP contribution in [0.25, 0.3) is 77.2 Å². The maximum Gasteiger partial charge on any atom is 0.0991 e. The van der Waals surface area contributed by atoms with Crippen LogP contribution in [-0.4, -0.2) is 19.9 Å². The van der Waals surface area contributed by atoms with Crippen molar-refractivity contribution in [1.82, 2.24) is 19.9 Å². The van der Waals surface area contributed by atoms with Crippen LogP contribution >= 0.6 is 0 Å². The Bertz CT molecular complexity index is 3070. The van der Waals surface area contributed by atoms with Gasteiger partial charge < -0.3 is 4.90 Å². The summed E-state index contributed by atoms with van der Waals surface area (Å²) in [5.41, 5.74) is 14.2. The normalized spacial score (nSPS) is 11.0. The Morgan fingerprint density at radius 1 is 0.339 bits per heavy atom. The van der Waals surface area contributed by atoms with Crippen LogP contribution < -0.4 is 4.90 Å². The Balaban J connectivity index is 1.14. The second-order valence-electron chi connectivity index (χ2n) is 14.3. The second kappa shape index (κ2) is 15.3. The summed E-state index contributed by atoms with van der Waals surface area (Å²) in [5, 5.41) is 14.3. The Kier molecular flexibility index (Phi) is 9.14. The number of hydrogen-bond donors (Lipinski definition) is 0. The molecule has 0 atom stereocenters. The standard InChI is InChI=1S/C53H34N6/c54-31-36-13-18-45(19-14-36)59(47-28-43(39-7-3-23-55-32-39)27-44(29-47)40-8-4-24-56-33-40)46-20-15-37(16-21-46)38-17-22-50-51(30-38)53(42-10-6-26-58-35-42)49-12-2-1-11-48(49)52(50)41-9-5-25-57-34-41/h1-30,32-35H. The largest absolute Gasteiger partial charge is 0.310 e. The average Bonchev–Trinajstić information content (AvgIpc) is 3.32. The second-order valence-corrected chi connectivity index (χ2v) is 14.3. The maximum absolute atomic E-state index is 9.66. The SMILES string of the molecule is N#Cc1ccc(N(c2ccc(-c3ccc4c(-c5cccnc5)c5ccccc5c(-c5cccnc5)c4c3)cc2)c2cc(-c3cccnc3)cc(-c3cccnc3)c2)cc1. The van der Waals surface area contributed by atoms with Gasteiger partial charge in [-0.3, -0.25) is 19.9 Å². The number of aromatic nitrogens is 4. The summed E-state index contributed by atoms with van der Waals surface area (Å²) in [6, 6.07) is 57.0. The molecule has 0 fully saturated rings. The molecular weight excluding hydrogens is 721 g/mol. The third-order valence-corrected chi connectivity index (χ3v) is 10.8. The van der Waals surface area contributed by atoms with E-state index in [1.807, 2.05) is 85.7 Å². The highest BCUT2D eigenvalue weighted by molar-refractivity contribution is 6.21.